The van der Waals surface area contributed by atoms with Crippen molar-refractivity contribution >= 4 is 21.6 Å². The minimum absolute atomic E-state index is 0.127. The summed E-state index contributed by atoms with van der Waals surface area (Å²) < 4.78 is 0.813. The van der Waals surface area contributed by atoms with Gasteiger partial charge >= 0.3 is 0 Å². The molecule has 0 saturated carbocycles. The SMILES string of the molecule is CNC1CCCN(Cc2ccc([N+](=O)[O-])cc2Br)C1. The highest BCUT2D eigenvalue weighted by molar-refractivity contribution is 9.10. The first-order valence-electron chi connectivity index (χ1n) is 6.42. The predicted octanol–water partition coefficient (Wildman–Crippen LogP) is 2.54. The van der Waals surface area contributed by atoms with Crippen molar-refractivity contribution in [2.75, 3.05) is 20.1 Å². The lowest BCUT2D eigenvalue weighted by Gasteiger charge is -2.32. The Morgan fingerprint density at radius 1 is 1.58 bits per heavy atom. The Kier molecular flexibility index (Phi) is 4.90. The first kappa shape index (κ1) is 14.4. The predicted molar refractivity (Wildman–Crippen MR) is 78.2 cm³/mol. The van der Waals surface area contributed by atoms with Crippen molar-refractivity contribution in [3.8, 4) is 0 Å². The second kappa shape index (κ2) is 6.45. The number of benzene rings is 1. The van der Waals surface area contributed by atoms with Crippen LogP contribution in [0, 0.1) is 10.1 Å². The van der Waals surface area contributed by atoms with Gasteiger partial charge in [-0.2, -0.15) is 0 Å². The van der Waals surface area contributed by atoms with Crippen LogP contribution >= 0.6 is 15.9 Å². The van der Waals surface area contributed by atoms with Crippen LogP contribution in [0.4, 0.5) is 5.69 Å². The van der Waals surface area contributed by atoms with Crippen molar-refractivity contribution < 1.29 is 4.92 Å². The van der Waals surface area contributed by atoms with Gasteiger partial charge in [0.1, 0.15) is 0 Å². The fourth-order valence-corrected chi connectivity index (χ4v) is 2.95. The van der Waals surface area contributed by atoms with Gasteiger partial charge in [0.2, 0.25) is 0 Å². The van der Waals surface area contributed by atoms with Crippen LogP contribution in [0.15, 0.2) is 22.7 Å². The second-order valence-corrected chi connectivity index (χ2v) is 5.75. The normalized spacial score (nSPS) is 20.4. The fraction of sp³-hybridized carbons (Fsp3) is 0.538. The number of halogens is 1. The van der Waals surface area contributed by atoms with Gasteiger partial charge in [0.15, 0.2) is 0 Å². The molecule has 0 radical (unpaired) electrons. The molecule has 1 N–H and O–H groups in total. The van der Waals surface area contributed by atoms with Crippen molar-refractivity contribution in [1.29, 1.82) is 0 Å². The van der Waals surface area contributed by atoms with Crippen LogP contribution < -0.4 is 5.32 Å². The molecule has 0 spiro atoms. The number of nitrogens with one attached hydrogen (secondary N) is 1. The van der Waals surface area contributed by atoms with Gasteiger partial charge in [0.05, 0.1) is 4.92 Å². The third kappa shape index (κ3) is 3.75. The molecule has 1 saturated heterocycles. The maximum atomic E-state index is 10.7. The van der Waals surface area contributed by atoms with Gasteiger partial charge in [0, 0.05) is 35.7 Å². The average molecular weight is 328 g/mol. The lowest BCUT2D eigenvalue weighted by Crippen LogP contribution is -2.43. The van der Waals surface area contributed by atoms with E-state index in [-0.39, 0.29) is 10.6 Å². The third-order valence-electron chi connectivity index (χ3n) is 3.56. The number of likely N-dealkylation sites (tertiary alicyclic amines) is 1. The second-order valence-electron chi connectivity index (χ2n) is 4.90. The summed E-state index contributed by atoms with van der Waals surface area (Å²) in [6.07, 6.45) is 2.41. The number of likely N-dealkylation sites (N-methyl/N-ethyl adjacent to an activating group) is 1. The Hall–Kier alpha value is -0.980. The molecule has 1 heterocycles. The number of non-ortho nitro benzene ring substituents is 1. The fourth-order valence-electron chi connectivity index (χ4n) is 2.45. The van der Waals surface area contributed by atoms with E-state index >= 15 is 0 Å². The molecule has 1 unspecified atom stereocenters. The van der Waals surface area contributed by atoms with E-state index < -0.39 is 0 Å². The van der Waals surface area contributed by atoms with Gasteiger partial charge in [0.25, 0.3) is 5.69 Å². The number of piperidine rings is 1. The minimum Gasteiger partial charge on any atom is -0.316 e. The van der Waals surface area contributed by atoms with Crippen LogP contribution in [0.2, 0.25) is 0 Å². The van der Waals surface area contributed by atoms with E-state index in [2.05, 4.69) is 26.1 Å². The van der Waals surface area contributed by atoms with E-state index in [1.54, 1.807) is 12.1 Å². The zero-order chi connectivity index (χ0) is 13.8. The molecule has 1 aromatic rings. The summed E-state index contributed by atoms with van der Waals surface area (Å²) in [5.74, 6) is 0. The zero-order valence-corrected chi connectivity index (χ0v) is 12.5. The monoisotopic (exact) mass is 327 g/mol. The highest BCUT2D eigenvalue weighted by atomic mass is 79.9. The Morgan fingerprint density at radius 2 is 2.37 bits per heavy atom. The standard InChI is InChI=1S/C13H18BrN3O2/c1-15-11-3-2-6-16(9-11)8-10-4-5-12(17(18)19)7-13(10)14/h4-5,7,11,15H,2-3,6,8-9H2,1H3. The smallest absolute Gasteiger partial charge is 0.270 e. The van der Waals surface area contributed by atoms with E-state index in [0.717, 1.165) is 29.7 Å². The third-order valence-corrected chi connectivity index (χ3v) is 4.29. The van der Waals surface area contributed by atoms with E-state index in [1.165, 1.54) is 12.8 Å². The van der Waals surface area contributed by atoms with Gasteiger partial charge in [-0.15, -0.1) is 0 Å². The Labute approximate surface area is 121 Å². The molecule has 0 aliphatic carbocycles. The molecule has 1 atom stereocenters. The summed E-state index contributed by atoms with van der Waals surface area (Å²) in [6, 6.07) is 5.53. The zero-order valence-electron chi connectivity index (χ0n) is 10.9. The van der Waals surface area contributed by atoms with Crippen LogP contribution in [-0.2, 0) is 6.54 Å². The molecule has 5 nitrogen and oxygen atoms in total. The van der Waals surface area contributed by atoms with Gasteiger partial charge < -0.3 is 5.32 Å². The van der Waals surface area contributed by atoms with E-state index in [4.69, 9.17) is 0 Å². The summed E-state index contributed by atoms with van der Waals surface area (Å²) in [5.41, 5.74) is 1.23. The van der Waals surface area contributed by atoms with Gasteiger partial charge in [-0.25, -0.2) is 0 Å². The Bertz CT molecular complexity index is 467. The molecule has 19 heavy (non-hydrogen) atoms. The first-order valence-corrected chi connectivity index (χ1v) is 7.22. The maximum Gasteiger partial charge on any atom is 0.270 e. The quantitative estimate of drug-likeness (QED) is 0.682. The number of nitro benzene ring substituents is 1. The Balaban J connectivity index is 2.04. The van der Waals surface area contributed by atoms with Crippen molar-refractivity contribution in [2.24, 2.45) is 0 Å². The van der Waals surface area contributed by atoms with Crippen molar-refractivity contribution in [1.82, 2.24) is 10.2 Å². The summed E-state index contributed by atoms with van der Waals surface area (Å²) in [4.78, 5) is 12.7. The molecule has 0 aromatic heterocycles. The summed E-state index contributed by atoms with van der Waals surface area (Å²) in [7, 11) is 2.00. The number of hydrogen-bond acceptors (Lipinski definition) is 4. The number of nitro groups is 1. The van der Waals surface area contributed by atoms with Gasteiger partial charge in [-0.1, -0.05) is 15.9 Å². The maximum absolute atomic E-state index is 10.7. The molecule has 1 aliphatic heterocycles. The molecule has 1 fully saturated rings. The van der Waals surface area contributed by atoms with Crippen molar-refractivity contribution in [3.05, 3.63) is 38.3 Å². The minimum atomic E-state index is -0.369. The summed E-state index contributed by atoms with van der Waals surface area (Å²) in [6.45, 7) is 2.94. The summed E-state index contributed by atoms with van der Waals surface area (Å²) >= 11 is 3.43. The van der Waals surface area contributed by atoms with Gasteiger partial charge in [-0.05, 0) is 38.1 Å². The molecule has 0 bridgehead atoms. The van der Waals surface area contributed by atoms with Crippen LogP contribution in [0.1, 0.15) is 18.4 Å². The lowest BCUT2D eigenvalue weighted by atomic mass is 10.0. The number of hydrogen-bond donors (Lipinski definition) is 1. The van der Waals surface area contributed by atoms with Crippen LogP contribution in [0.3, 0.4) is 0 Å². The first-order chi connectivity index (χ1) is 9.10. The number of rotatable bonds is 4. The van der Waals surface area contributed by atoms with Crippen LogP contribution in [-0.4, -0.2) is 36.0 Å². The van der Waals surface area contributed by atoms with Crippen LogP contribution in [0.25, 0.3) is 0 Å². The Morgan fingerprint density at radius 3 is 3.00 bits per heavy atom. The lowest BCUT2D eigenvalue weighted by molar-refractivity contribution is -0.384. The average Bonchev–Trinajstić information content (AvgIpc) is 2.41. The van der Waals surface area contributed by atoms with E-state index in [9.17, 15) is 10.1 Å². The molecule has 0 amide bonds. The van der Waals surface area contributed by atoms with Crippen molar-refractivity contribution in [3.63, 3.8) is 0 Å². The van der Waals surface area contributed by atoms with Crippen molar-refractivity contribution in [2.45, 2.75) is 25.4 Å². The van der Waals surface area contributed by atoms with Gasteiger partial charge in [-0.3, -0.25) is 15.0 Å². The largest absolute Gasteiger partial charge is 0.316 e. The highest BCUT2D eigenvalue weighted by Crippen LogP contribution is 2.25. The molecule has 1 aliphatic rings. The highest BCUT2D eigenvalue weighted by Gasteiger charge is 2.19. The molecule has 104 valence electrons. The topological polar surface area (TPSA) is 58.4 Å². The van der Waals surface area contributed by atoms with Crippen LogP contribution in [0.5, 0.6) is 0 Å². The van der Waals surface area contributed by atoms with E-state index in [1.807, 2.05) is 13.1 Å². The molecular weight excluding hydrogens is 310 g/mol. The molecule has 6 heteroatoms. The molecule has 2 rings (SSSR count). The van der Waals surface area contributed by atoms with E-state index in [0.29, 0.717) is 6.04 Å². The number of nitrogens with zero attached hydrogens (tertiary/aromatic N) is 2. The summed E-state index contributed by atoms with van der Waals surface area (Å²) in [5, 5.41) is 14.0. The molecular formula is C13H18BrN3O2. The molecule has 1 aromatic carbocycles.